The molecule has 0 aliphatic carbocycles. The van der Waals surface area contributed by atoms with Crippen molar-refractivity contribution in [1.82, 2.24) is 24.2 Å². The number of aromatic nitrogens is 3. The maximum atomic E-state index is 12.2. The molecular weight excluding hydrogens is 354 g/mol. The van der Waals surface area contributed by atoms with E-state index in [2.05, 4.69) is 15.5 Å². The zero-order valence-electron chi connectivity index (χ0n) is 14.5. The molecule has 0 saturated carbocycles. The molecule has 0 spiro atoms. The van der Waals surface area contributed by atoms with E-state index in [0.717, 1.165) is 15.8 Å². The first-order chi connectivity index (χ1) is 12.4. The summed E-state index contributed by atoms with van der Waals surface area (Å²) in [6.07, 6.45) is 2.40. The van der Waals surface area contributed by atoms with Crippen LogP contribution in [0.3, 0.4) is 0 Å². The van der Waals surface area contributed by atoms with E-state index >= 15 is 0 Å². The van der Waals surface area contributed by atoms with Crippen molar-refractivity contribution in [3.63, 3.8) is 0 Å². The standard InChI is InChI=1S/C17H19N5O3S/c1-21(2)26(24,25)14-8-6-13(7-9-14)17(23)18-11-10-16-20-19-15-5-3-4-12-22(15)16/h3-9,12H,10-11H2,1-2H3,(H,18,23). The molecule has 0 unspecified atom stereocenters. The van der Waals surface area contributed by atoms with Gasteiger partial charge < -0.3 is 5.32 Å². The molecule has 0 aliphatic rings. The highest BCUT2D eigenvalue weighted by molar-refractivity contribution is 7.89. The van der Waals surface area contributed by atoms with E-state index in [1.165, 1.54) is 38.4 Å². The average molecular weight is 373 g/mol. The summed E-state index contributed by atoms with van der Waals surface area (Å²) in [6, 6.07) is 11.5. The number of rotatable bonds is 6. The first-order valence-corrected chi connectivity index (χ1v) is 9.43. The van der Waals surface area contributed by atoms with E-state index in [0.29, 0.717) is 18.5 Å². The third-order valence-electron chi connectivity index (χ3n) is 3.91. The topological polar surface area (TPSA) is 96.7 Å². The zero-order valence-corrected chi connectivity index (χ0v) is 15.3. The number of carbonyl (C=O) groups is 1. The molecular formula is C17H19N5O3S. The van der Waals surface area contributed by atoms with Crippen molar-refractivity contribution in [3.05, 3.63) is 60.0 Å². The number of benzene rings is 1. The van der Waals surface area contributed by atoms with Crippen LogP contribution < -0.4 is 5.32 Å². The molecule has 3 aromatic rings. The minimum Gasteiger partial charge on any atom is -0.352 e. The summed E-state index contributed by atoms with van der Waals surface area (Å²) in [5.41, 5.74) is 1.15. The van der Waals surface area contributed by atoms with E-state index < -0.39 is 10.0 Å². The predicted molar refractivity (Wildman–Crippen MR) is 96.3 cm³/mol. The van der Waals surface area contributed by atoms with Crippen LogP contribution in [0.2, 0.25) is 0 Å². The summed E-state index contributed by atoms with van der Waals surface area (Å²) in [7, 11) is -0.578. The monoisotopic (exact) mass is 373 g/mol. The lowest BCUT2D eigenvalue weighted by Gasteiger charge is -2.11. The molecule has 0 fully saturated rings. The number of hydrogen-bond acceptors (Lipinski definition) is 5. The largest absolute Gasteiger partial charge is 0.352 e. The highest BCUT2D eigenvalue weighted by atomic mass is 32.2. The van der Waals surface area contributed by atoms with Gasteiger partial charge in [0.15, 0.2) is 5.65 Å². The van der Waals surface area contributed by atoms with Crippen LogP contribution in [0.1, 0.15) is 16.2 Å². The molecule has 2 heterocycles. The van der Waals surface area contributed by atoms with Crippen LogP contribution in [-0.2, 0) is 16.4 Å². The molecule has 26 heavy (non-hydrogen) atoms. The van der Waals surface area contributed by atoms with Crippen molar-refractivity contribution in [2.75, 3.05) is 20.6 Å². The Morgan fingerprint density at radius 2 is 1.85 bits per heavy atom. The maximum Gasteiger partial charge on any atom is 0.251 e. The highest BCUT2D eigenvalue weighted by Gasteiger charge is 2.17. The fourth-order valence-corrected chi connectivity index (χ4v) is 3.34. The summed E-state index contributed by atoms with van der Waals surface area (Å²) >= 11 is 0. The molecule has 136 valence electrons. The lowest BCUT2D eigenvalue weighted by molar-refractivity contribution is 0.0954. The van der Waals surface area contributed by atoms with Crippen LogP contribution in [0.15, 0.2) is 53.6 Å². The second-order valence-electron chi connectivity index (χ2n) is 5.86. The Bertz CT molecular complexity index is 1030. The summed E-state index contributed by atoms with van der Waals surface area (Å²) in [5.74, 6) is 0.487. The van der Waals surface area contributed by atoms with Gasteiger partial charge in [-0.05, 0) is 36.4 Å². The highest BCUT2D eigenvalue weighted by Crippen LogP contribution is 2.14. The SMILES string of the molecule is CN(C)S(=O)(=O)c1ccc(C(=O)NCCc2nnc3ccccn23)cc1. The Balaban J connectivity index is 1.62. The summed E-state index contributed by atoms with van der Waals surface area (Å²) in [5, 5.41) is 11.0. The number of sulfonamides is 1. The van der Waals surface area contributed by atoms with Gasteiger partial charge in [-0.3, -0.25) is 9.20 Å². The molecule has 8 nitrogen and oxygen atoms in total. The van der Waals surface area contributed by atoms with E-state index in [4.69, 9.17) is 0 Å². The number of carbonyl (C=O) groups excluding carboxylic acids is 1. The van der Waals surface area contributed by atoms with Crippen molar-refractivity contribution < 1.29 is 13.2 Å². The second kappa shape index (κ2) is 7.22. The number of nitrogens with one attached hydrogen (secondary N) is 1. The molecule has 0 bridgehead atoms. The number of pyridine rings is 1. The number of fused-ring (bicyclic) bond motifs is 1. The number of hydrogen-bond donors (Lipinski definition) is 1. The van der Waals surface area contributed by atoms with Crippen molar-refractivity contribution in [3.8, 4) is 0 Å². The van der Waals surface area contributed by atoms with Gasteiger partial charge in [0.1, 0.15) is 5.82 Å². The molecule has 1 amide bonds. The Kier molecular flexibility index (Phi) is 5.01. The Labute approximate surface area is 151 Å². The fourth-order valence-electron chi connectivity index (χ4n) is 2.44. The van der Waals surface area contributed by atoms with Gasteiger partial charge in [0, 0.05) is 38.8 Å². The molecule has 2 aromatic heterocycles. The second-order valence-corrected chi connectivity index (χ2v) is 8.01. The first kappa shape index (κ1) is 18.0. The molecule has 0 saturated heterocycles. The van der Waals surface area contributed by atoms with Gasteiger partial charge in [-0.15, -0.1) is 10.2 Å². The van der Waals surface area contributed by atoms with Crippen molar-refractivity contribution in [2.45, 2.75) is 11.3 Å². The zero-order chi connectivity index (χ0) is 18.7. The minimum absolute atomic E-state index is 0.147. The fraction of sp³-hybridized carbons (Fsp3) is 0.235. The van der Waals surface area contributed by atoms with Gasteiger partial charge in [0.25, 0.3) is 5.91 Å². The Hall–Kier alpha value is -2.78. The molecule has 0 aliphatic heterocycles. The van der Waals surface area contributed by atoms with Crippen LogP contribution in [0.25, 0.3) is 5.65 Å². The molecule has 0 atom stereocenters. The van der Waals surface area contributed by atoms with Crippen molar-refractivity contribution in [2.24, 2.45) is 0 Å². The average Bonchev–Trinajstić information content (AvgIpc) is 3.05. The van der Waals surface area contributed by atoms with Gasteiger partial charge in [-0.25, -0.2) is 12.7 Å². The summed E-state index contributed by atoms with van der Waals surface area (Å²) in [4.78, 5) is 12.4. The van der Waals surface area contributed by atoms with Gasteiger partial charge in [0.2, 0.25) is 10.0 Å². The van der Waals surface area contributed by atoms with Crippen molar-refractivity contribution in [1.29, 1.82) is 0 Å². The lowest BCUT2D eigenvalue weighted by atomic mass is 10.2. The molecule has 9 heteroatoms. The van der Waals surface area contributed by atoms with Crippen LogP contribution >= 0.6 is 0 Å². The summed E-state index contributed by atoms with van der Waals surface area (Å²) in [6.45, 7) is 0.395. The van der Waals surface area contributed by atoms with Gasteiger partial charge >= 0.3 is 0 Å². The third-order valence-corrected chi connectivity index (χ3v) is 5.74. The van der Waals surface area contributed by atoms with Crippen LogP contribution in [0, 0.1) is 0 Å². The van der Waals surface area contributed by atoms with Gasteiger partial charge in [0.05, 0.1) is 4.90 Å². The van der Waals surface area contributed by atoms with E-state index in [9.17, 15) is 13.2 Å². The number of amides is 1. The number of nitrogens with zero attached hydrogens (tertiary/aromatic N) is 4. The Morgan fingerprint density at radius 3 is 2.54 bits per heavy atom. The lowest BCUT2D eigenvalue weighted by Crippen LogP contribution is -2.26. The van der Waals surface area contributed by atoms with Crippen LogP contribution in [-0.4, -0.2) is 53.9 Å². The molecule has 1 N–H and O–H groups in total. The summed E-state index contributed by atoms with van der Waals surface area (Å²) < 4.78 is 27.1. The van der Waals surface area contributed by atoms with Gasteiger partial charge in [-0.2, -0.15) is 0 Å². The minimum atomic E-state index is -3.50. The van der Waals surface area contributed by atoms with E-state index in [1.807, 2.05) is 28.8 Å². The molecule has 1 aromatic carbocycles. The first-order valence-electron chi connectivity index (χ1n) is 7.99. The van der Waals surface area contributed by atoms with Crippen LogP contribution in [0.5, 0.6) is 0 Å². The molecule has 0 radical (unpaired) electrons. The predicted octanol–water partition coefficient (Wildman–Crippen LogP) is 0.952. The van der Waals surface area contributed by atoms with Gasteiger partial charge in [-0.1, -0.05) is 6.07 Å². The third kappa shape index (κ3) is 3.58. The molecule has 3 rings (SSSR count). The quantitative estimate of drug-likeness (QED) is 0.694. The Morgan fingerprint density at radius 1 is 1.12 bits per heavy atom. The van der Waals surface area contributed by atoms with Crippen molar-refractivity contribution >= 4 is 21.6 Å². The maximum absolute atomic E-state index is 12.2. The van der Waals surface area contributed by atoms with E-state index in [1.54, 1.807) is 0 Å². The van der Waals surface area contributed by atoms with E-state index in [-0.39, 0.29) is 10.8 Å². The van der Waals surface area contributed by atoms with Crippen LogP contribution in [0.4, 0.5) is 0 Å². The smallest absolute Gasteiger partial charge is 0.251 e. The normalized spacial score (nSPS) is 11.8.